The molecule has 6 nitrogen and oxygen atoms in total. The van der Waals surface area contributed by atoms with Crippen molar-refractivity contribution in [1.82, 2.24) is 9.78 Å². The van der Waals surface area contributed by atoms with E-state index >= 15 is 0 Å². The van der Waals surface area contributed by atoms with Gasteiger partial charge in [0.2, 0.25) is 0 Å². The van der Waals surface area contributed by atoms with Gasteiger partial charge < -0.3 is 5.32 Å². The third-order valence-corrected chi connectivity index (χ3v) is 7.00. The molecule has 1 heterocycles. The largest absolute Gasteiger partial charge is 0.324 e. The van der Waals surface area contributed by atoms with Crippen LogP contribution in [0.25, 0.3) is 5.69 Å². The van der Waals surface area contributed by atoms with E-state index in [4.69, 9.17) is 34.8 Å². The van der Waals surface area contributed by atoms with Gasteiger partial charge in [-0.2, -0.15) is 0 Å². The molecule has 0 saturated heterocycles. The van der Waals surface area contributed by atoms with E-state index in [1.54, 1.807) is 0 Å². The zero-order chi connectivity index (χ0) is 26.6. The number of rotatable bonds is 14. The third kappa shape index (κ3) is 9.44. The highest BCUT2D eigenvalue weighted by Gasteiger charge is 2.15. The lowest BCUT2D eigenvalue weighted by atomic mass is 10.0. The maximum absolute atomic E-state index is 12.5. The summed E-state index contributed by atoms with van der Waals surface area (Å²) in [4.78, 5) is 24.9. The molecule has 2 aromatic carbocycles. The number of amides is 2. The van der Waals surface area contributed by atoms with E-state index in [0.29, 0.717) is 10.7 Å². The zero-order valence-corrected chi connectivity index (χ0v) is 23.5. The zero-order valence-electron chi connectivity index (χ0n) is 21.2. The Morgan fingerprint density at radius 2 is 1.38 bits per heavy atom. The molecule has 2 amide bonds. The second kappa shape index (κ2) is 15.1. The van der Waals surface area contributed by atoms with Crippen LogP contribution in [-0.2, 0) is 6.42 Å². The highest BCUT2D eigenvalue weighted by atomic mass is 35.5. The van der Waals surface area contributed by atoms with Crippen LogP contribution in [0.3, 0.4) is 0 Å². The quantitative estimate of drug-likeness (QED) is 0.170. The molecule has 0 aliphatic rings. The molecule has 37 heavy (non-hydrogen) atoms. The van der Waals surface area contributed by atoms with Crippen LogP contribution in [0.1, 0.15) is 76.7 Å². The molecule has 3 rings (SSSR count). The molecular formula is C28H35Cl3N4O2. The number of hydrogen-bond acceptors (Lipinski definition) is 2. The summed E-state index contributed by atoms with van der Waals surface area (Å²) in [6, 6.07) is 11.6. The van der Waals surface area contributed by atoms with E-state index in [-0.39, 0.29) is 21.6 Å². The Kier molecular flexibility index (Phi) is 11.9. The topological polar surface area (TPSA) is 78.9 Å². The summed E-state index contributed by atoms with van der Waals surface area (Å²) in [6.07, 6.45) is 14.2. The lowest BCUT2D eigenvalue weighted by Gasteiger charge is -2.09. The predicted molar refractivity (Wildman–Crippen MR) is 156 cm³/mol. The van der Waals surface area contributed by atoms with Gasteiger partial charge in [0.25, 0.3) is 5.56 Å². The Balaban J connectivity index is 1.41. The van der Waals surface area contributed by atoms with Gasteiger partial charge in [-0.1, -0.05) is 112 Å². The summed E-state index contributed by atoms with van der Waals surface area (Å²) in [5, 5.41) is 8.95. The van der Waals surface area contributed by atoms with Crippen molar-refractivity contribution in [3.8, 4) is 5.69 Å². The molecule has 0 aliphatic carbocycles. The van der Waals surface area contributed by atoms with Crippen molar-refractivity contribution >= 4 is 52.3 Å². The molecule has 0 saturated carbocycles. The van der Waals surface area contributed by atoms with Gasteiger partial charge in [0, 0.05) is 16.8 Å². The number of carbonyl (C=O) groups is 1. The van der Waals surface area contributed by atoms with Gasteiger partial charge in [0.15, 0.2) is 0 Å². The number of aromatic nitrogens is 2. The predicted octanol–water partition coefficient (Wildman–Crippen LogP) is 9.23. The molecule has 3 aromatic rings. The summed E-state index contributed by atoms with van der Waals surface area (Å²) < 4.78 is 1.15. The molecule has 200 valence electrons. The minimum atomic E-state index is -0.482. The third-order valence-electron chi connectivity index (χ3n) is 6.20. The van der Waals surface area contributed by atoms with Crippen LogP contribution < -0.4 is 16.2 Å². The van der Waals surface area contributed by atoms with Gasteiger partial charge in [-0.15, -0.1) is 0 Å². The number of halogens is 3. The number of anilines is 2. The number of carbonyl (C=O) groups excluding carboxylic acids is 1. The molecule has 0 spiro atoms. The Morgan fingerprint density at radius 1 is 0.811 bits per heavy atom. The number of benzene rings is 2. The Hall–Kier alpha value is -2.41. The van der Waals surface area contributed by atoms with Gasteiger partial charge in [-0.25, -0.2) is 9.48 Å². The number of H-pyrrole nitrogens is 1. The van der Waals surface area contributed by atoms with Crippen molar-refractivity contribution in [2.45, 2.75) is 77.6 Å². The van der Waals surface area contributed by atoms with Crippen LogP contribution in [0.4, 0.5) is 16.3 Å². The molecule has 0 bridgehead atoms. The Bertz CT molecular complexity index is 1180. The van der Waals surface area contributed by atoms with E-state index in [1.165, 1.54) is 88.0 Å². The van der Waals surface area contributed by atoms with E-state index in [1.807, 2.05) is 24.3 Å². The summed E-state index contributed by atoms with van der Waals surface area (Å²) in [6.45, 7) is 2.25. The molecule has 0 atom stereocenters. The summed E-state index contributed by atoms with van der Waals surface area (Å²) in [7, 11) is 0. The Labute approximate surface area is 233 Å². The maximum atomic E-state index is 12.5. The summed E-state index contributed by atoms with van der Waals surface area (Å²) in [5.74, 6) is 0.196. The fourth-order valence-corrected chi connectivity index (χ4v) is 5.22. The minimum Gasteiger partial charge on any atom is -0.308 e. The number of aromatic amines is 1. The summed E-state index contributed by atoms with van der Waals surface area (Å²) in [5.41, 5.74) is 1.74. The van der Waals surface area contributed by atoms with E-state index in [0.717, 1.165) is 11.1 Å². The number of unbranched alkanes of at least 4 members (excludes halogenated alkanes) is 9. The smallest absolute Gasteiger partial charge is 0.308 e. The van der Waals surface area contributed by atoms with Crippen LogP contribution in [0.15, 0.2) is 47.3 Å². The molecule has 0 fully saturated rings. The van der Waals surface area contributed by atoms with Gasteiger partial charge in [-0.3, -0.25) is 15.2 Å². The molecule has 0 unspecified atom stereocenters. The number of urea groups is 1. The van der Waals surface area contributed by atoms with E-state index in [9.17, 15) is 9.59 Å². The highest BCUT2D eigenvalue weighted by Crippen LogP contribution is 2.31. The highest BCUT2D eigenvalue weighted by molar-refractivity contribution is 6.40. The monoisotopic (exact) mass is 564 g/mol. The van der Waals surface area contributed by atoms with Gasteiger partial charge in [0.05, 0.1) is 10.0 Å². The van der Waals surface area contributed by atoms with Crippen LogP contribution in [0.2, 0.25) is 15.1 Å². The lowest BCUT2D eigenvalue weighted by Crippen LogP contribution is -2.19. The fraction of sp³-hybridized carbons (Fsp3) is 0.429. The van der Waals surface area contributed by atoms with Crippen LogP contribution in [-0.4, -0.2) is 15.8 Å². The first-order valence-electron chi connectivity index (χ1n) is 13.0. The standard InChI is InChI=1S/C28H35Cl3N4O2/c1-2-3-4-5-6-7-8-9-10-11-12-20-13-15-22(16-14-20)32-28(37)33-25-19-26(36)35(34-25)27-23(30)17-21(29)18-24(27)31/h13-19,34H,2-12H2,1H3,(H2,32,33,37). The first-order chi connectivity index (χ1) is 17.9. The van der Waals surface area contributed by atoms with Crippen LogP contribution >= 0.6 is 34.8 Å². The SMILES string of the molecule is CCCCCCCCCCCCc1ccc(NC(=O)Nc2cc(=O)n(-c3c(Cl)cc(Cl)cc3Cl)[nH]2)cc1. The number of aryl methyl sites for hydroxylation is 1. The molecule has 1 aromatic heterocycles. The average Bonchev–Trinajstić information content (AvgIpc) is 3.19. The number of nitrogens with zero attached hydrogens (tertiary/aromatic N) is 1. The molecule has 0 aliphatic heterocycles. The first kappa shape index (κ1) is 29.2. The first-order valence-corrected chi connectivity index (χ1v) is 14.1. The average molecular weight is 566 g/mol. The minimum absolute atomic E-state index is 0.196. The van der Waals surface area contributed by atoms with Gasteiger partial charge in [0.1, 0.15) is 11.5 Å². The normalized spacial score (nSPS) is 11.0. The van der Waals surface area contributed by atoms with Crippen molar-refractivity contribution < 1.29 is 4.79 Å². The van der Waals surface area contributed by atoms with Crippen molar-refractivity contribution in [2.75, 3.05) is 10.6 Å². The van der Waals surface area contributed by atoms with Gasteiger partial charge >= 0.3 is 6.03 Å². The van der Waals surface area contributed by atoms with Crippen LogP contribution in [0, 0.1) is 0 Å². The number of hydrogen-bond donors (Lipinski definition) is 3. The van der Waals surface area contributed by atoms with Crippen LogP contribution in [0.5, 0.6) is 0 Å². The number of nitrogens with one attached hydrogen (secondary N) is 3. The van der Waals surface area contributed by atoms with E-state index in [2.05, 4.69) is 22.7 Å². The summed E-state index contributed by atoms with van der Waals surface area (Å²) >= 11 is 18.4. The van der Waals surface area contributed by atoms with Gasteiger partial charge in [-0.05, 0) is 42.7 Å². The van der Waals surface area contributed by atoms with Crippen molar-refractivity contribution in [2.24, 2.45) is 0 Å². The maximum Gasteiger partial charge on any atom is 0.324 e. The molecule has 9 heteroatoms. The van der Waals surface area contributed by atoms with E-state index < -0.39 is 11.6 Å². The van der Waals surface area contributed by atoms with Crippen molar-refractivity contribution in [3.05, 3.63) is 73.4 Å². The van der Waals surface area contributed by atoms with Crippen molar-refractivity contribution in [1.29, 1.82) is 0 Å². The second-order valence-corrected chi connectivity index (χ2v) is 10.5. The molecule has 3 N–H and O–H groups in total. The fourth-order valence-electron chi connectivity index (χ4n) is 4.23. The van der Waals surface area contributed by atoms with Crippen molar-refractivity contribution in [3.63, 3.8) is 0 Å². The lowest BCUT2D eigenvalue weighted by molar-refractivity contribution is 0.262. The molecular weight excluding hydrogens is 531 g/mol. The molecule has 0 radical (unpaired) electrons. The second-order valence-electron chi connectivity index (χ2n) is 9.27. The Morgan fingerprint density at radius 3 is 1.97 bits per heavy atom.